The number of hydrogen-bond acceptors (Lipinski definition) is 6. The molecule has 23 heavy (non-hydrogen) atoms. The van der Waals surface area contributed by atoms with Gasteiger partial charge >= 0.3 is 0 Å². The van der Waals surface area contributed by atoms with Gasteiger partial charge < -0.3 is 9.26 Å². The second-order valence-electron chi connectivity index (χ2n) is 5.25. The first-order chi connectivity index (χ1) is 10.7. The third-order valence-corrected chi connectivity index (χ3v) is 3.98. The summed E-state index contributed by atoms with van der Waals surface area (Å²) in [4.78, 5) is 12.1. The van der Waals surface area contributed by atoms with Crippen molar-refractivity contribution in [1.82, 2.24) is 9.88 Å². The predicted molar refractivity (Wildman–Crippen MR) is 78.4 cm³/mol. The van der Waals surface area contributed by atoms with Crippen LogP contribution in [-0.4, -0.2) is 25.1 Å². The predicted octanol–water partition coefficient (Wildman–Crippen LogP) is 1.62. The molecule has 0 saturated carbocycles. The lowest BCUT2D eigenvalue weighted by molar-refractivity contribution is -0.132. The molecule has 0 aliphatic heterocycles. The van der Waals surface area contributed by atoms with E-state index in [1.165, 1.54) is 50.4 Å². The highest BCUT2D eigenvalue weighted by Crippen LogP contribution is 2.19. The van der Waals surface area contributed by atoms with Crippen LogP contribution >= 0.6 is 0 Å². The van der Waals surface area contributed by atoms with Crippen molar-refractivity contribution in [2.24, 2.45) is 0 Å². The third-order valence-electron chi connectivity index (χ3n) is 2.81. The van der Waals surface area contributed by atoms with Crippen molar-refractivity contribution in [3.05, 3.63) is 48.1 Å². The van der Waals surface area contributed by atoms with Gasteiger partial charge in [-0.3, -0.25) is 4.79 Å². The average molecular weight is 342 g/mol. The van der Waals surface area contributed by atoms with Crippen molar-refractivity contribution < 1.29 is 26.9 Å². The first-order valence-electron chi connectivity index (χ1n) is 6.57. The van der Waals surface area contributed by atoms with Crippen LogP contribution < -0.4 is 9.46 Å². The number of amides is 1. The smallest absolute Gasteiger partial charge is 0.277 e. The van der Waals surface area contributed by atoms with Crippen molar-refractivity contribution in [2.75, 3.05) is 0 Å². The molecule has 7 nitrogen and oxygen atoms in total. The van der Waals surface area contributed by atoms with E-state index in [9.17, 15) is 17.6 Å². The third kappa shape index (κ3) is 4.78. The van der Waals surface area contributed by atoms with Crippen LogP contribution in [0.4, 0.5) is 4.39 Å². The van der Waals surface area contributed by atoms with E-state index in [1.54, 1.807) is 0 Å². The summed E-state index contributed by atoms with van der Waals surface area (Å²) < 4.78 is 48.6. The maximum atomic E-state index is 12.9. The molecule has 2 rings (SSSR count). The lowest BCUT2D eigenvalue weighted by atomic mass is 10.1. The topological polar surface area (TPSA) is 98.5 Å². The molecule has 1 amide bonds. The molecule has 124 valence electrons. The number of sulfonamides is 1. The SMILES string of the molecule is CC(C)(Oc1ccc(F)cc1)C(=O)NS(=O)(=O)Cc1ccon1. The lowest BCUT2D eigenvalue weighted by Crippen LogP contribution is -2.48. The molecule has 0 fully saturated rings. The van der Waals surface area contributed by atoms with E-state index in [0.29, 0.717) is 0 Å². The fourth-order valence-corrected chi connectivity index (χ4v) is 2.79. The van der Waals surface area contributed by atoms with Gasteiger partial charge in [0.25, 0.3) is 5.91 Å². The van der Waals surface area contributed by atoms with Crippen molar-refractivity contribution in [3.8, 4) is 5.75 Å². The molecule has 1 aromatic carbocycles. The molecule has 0 radical (unpaired) electrons. The number of aromatic nitrogens is 1. The zero-order valence-electron chi connectivity index (χ0n) is 12.4. The Bertz CT molecular complexity index is 770. The molecule has 0 aliphatic rings. The largest absolute Gasteiger partial charge is 0.478 e. The van der Waals surface area contributed by atoms with E-state index in [1.807, 2.05) is 4.72 Å². The van der Waals surface area contributed by atoms with Crippen LogP contribution in [-0.2, 0) is 20.6 Å². The molecule has 2 aromatic rings. The molecule has 1 aromatic heterocycles. The molecular weight excluding hydrogens is 327 g/mol. The maximum Gasteiger partial charge on any atom is 0.277 e. The quantitative estimate of drug-likeness (QED) is 0.856. The van der Waals surface area contributed by atoms with Gasteiger partial charge in [-0.25, -0.2) is 17.5 Å². The summed E-state index contributed by atoms with van der Waals surface area (Å²) in [6, 6.07) is 6.40. The minimum Gasteiger partial charge on any atom is -0.478 e. The van der Waals surface area contributed by atoms with Gasteiger partial charge in [0, 0.05) is 6.07 Å². The second kappa shape index (κ2) is 6.37. The number of carbonyl (C=O) groups excluding carboxylic acids is 1. The number of nitrogens with zero attached hydrogens (tertiary/aromatic N) is 1. The highest BCUT2D eigenvalue weighted by atomic mass is 32.2. The minimum atomic E-state index is -3.95. The second-order valence-corrected chi connectivity index (χ2v) is 6.97. The number of hydrogen-bond donors (Lipinski definition) is 1. The first kappa shape index (κ1) is 16.9. The Kier molecular flexibility index (Phi) is 4.69. The van der Waals surface area contributed by atoms with E-state index in [0.717, 1.165) is 0 Å². The molecule has 0 spiro atoms. The lowest BCUT2D eigenvalue weighted by Gasteiger charge is -2.25. The normalized spacial score (nSPS) is 12.0. The van der Waals surface area contributed by atoms with Crippen molar-refractivity contribution >= 4 is 15.9 Å². The van der Waals surface area contributed by atoms with E-state index in [-0.39, 0.29) is 11.4 Å². The Balaban J connectivity index is 2.04. The first-order valence-corrected chi connectivity index (χ1v) is 8.22. The highest BCUT2D eigenvalue weighted by Gasteiger charge is 2.33. The number of ether oxygens (including phenoxy) is 1. The molecule has 1 heterocycles. The van der Waals surface area contributed by atoms with E-state index < -0.39 is 33.1 Å². The minimum absolute atomic E-state index is 0.169. The van der Waals surface area contributed by atoms with Crippen LogP contribution in [0.5, 0.6) is 5.75 Å². The number of benzene rings is 1. The molecular formula is C14H15FN2O5S. The van der Waals surface area contributed by atoms with E-state index >= 15 is 0 Å². The molecule has 0 unspecified atom stereocenters. The van der Waals surface area contributed by atoms with Gasteiger partial charge in [0.05, 0.1) is 0 Å². The van der Waals surface area contributed by atoms with Crippen LogP contribution in [0, 0.1) is 5.82 Å². The summed E-state index contributed by atoms with van der Waals surface area (Å²) in [5, 5.41) is 3.47. The number of halogens is 1. The van der Waals surface area contributed by atoms with Gasteiger partial charge in [-0.2, -0.15) is 0 Å². The number of nitrogens with one attached hydrogen (secondary N) is 1. The van der Waals surface area contributed by atoms with Gasteiger partial charge in [-0.1, -0.05) is 5.16 Å². The van der Waals surface area contributed by atoms with Gasteiger partial charge in [-0.05, 0) is 38.1 Å². The van der Waals surface area contributed by atoms with Crippen LogP contribution in [0.3, 0.4) is 0 Å². The summed E-state index contributed by atoms with van der Waals surface area (Å²) in [6.45, 7) is 2.80. The Labute approximate surface area is 132 Å². The average Bonchev–Trinajstić information content (AvgIpc) is 2.92. The van der Waals surface area contributed by atoms with Gasteiger partial charge in [0.15, 0.2) is 5.60 Å². The highest BCUT2D eigenvalue weighted by molar-refractivity contribution is 7.89. The summed E-state index contributed by atoms with van der Waals surface area (Å²) >= 11 is 0. The zero-order chi connectivity index (χ0) is 17.1. The van der Waals surface area contributed by atoms with Crippen molar-refractivity contribution in [1.29, 1.82) is 0 Å². The van der Waals surface area contributed by atoms with Crippen LogP contribution in [0.1, 0.15) is 19.5 Å². The Morgan fingerprint density at radius 3 is 2.52 bits per heavy atom. The van der Waals surface area contributed by atoms with Crippen LogP contribution in [0.15, 0.2) is 41.1 Å². The molecule has 0 atom stereocenters. The zero-order valence-corrected chi connectivity index (χ0v) is 13.3. The van der Waals surface area contributed by atoms with Crippen molar-refractivity contribution in [2.45, 2.75) is 25.2 Å². The Morgan fingerprint density at radius 1 is 1.30 bits per heavy atom. The fraction of sp³-hybridized carbons (Fsp3) is 0.286. The summed E-state index contributed by atoms with van der Waals surface area (Å²) in [7, 11) is -3.95. The van der Waals surface area contributed by atoms with Crippen molar-refractivity contribution in [3.63, 3.8) is 0 Å². The molecule has 1 N–H and O–H groups in total. The Hall–Kier alpha value is -2.42. The molecule has 9 heteroatoms. The monoisotopic (exact) mass is 342 g/mol. The number of rotatable bonds is 6. The molecule has 0 bridgehead atoms. The van der Waals surface area contributed by atoms with E-state index in [4.69, 9.17) is 4.74 Å². The van der Waals surface area contributed by atoms with Crippen LogP contribution in [0.25, 0.3) is 0 Å². The van der Waals surface area contributed by atoms with Gasteiger partial charge in [0.1, 0.15) is 29.3 Å². The fourth-order valence-electron chi connectivity index (χ4n) is 1.65. The summed E-state index contributed by atoms with van der Waals surface area (Å²) in [5.41, 5.74) is -1.31. The summed E-state index contributed by atoms with van der Waals surface area (Å²) in [5.74, 6) is -1.57. The number of carbonyl (C=O) groups is 1. The Morgan fingerprint density at radius 2 is 1.96 bits per heavy atom. The molecule has 0 aliphatic carbocycles. The van der Waals surface area contributed by atoms with Gasteiger partial charge in [-0.15, -0.1) is 0 Å². The standard InChI is InChI=1S/C14H15FN2O5S/c1-14(2,22-12-5-3-10(15)4-6-12)13(18)17-23(19,20)9-11-7-8-21-16-11/h3-8H,9H2,1-2H3,(H,17,18). The maximum absolute atomic E-state index is 12.9. The van der Waals surface area contributed by atoms with Crippen LogP contribution in [0.2, 0.25) is 0 Å². The van der Waals surface area contributed by atoms with E-state index in [2.05, 4.69) is 9.68 Å². The van der Waals surface area contributed by atoms with Gasteiger partial charge in [0.2, 0.25) is 10.0 Å². The summed E-state index contributed by atoms with van der Waals surface area (Å²) in [6.07, 6.45) is 1.23. The molecule has 0 saturated heterocycles.